The molecule has 26 heavy (non-hydrogen) atoms. The summed E-state index contributed by atoms with van der Waals surface area (Å²) in [5.41, 5.74) is 3.83. The molecule has 1 atom stereocenters. The summed E-state index contributed by atoms with van der Waals surface area (Å²) in [6.07, 6.45) is 8.84. The molecule has 2 fully saturated rings. The van der Waals surface area contributed by atoms with E-state index < -0.39 is 0 Å². The lowest BCUT2D eigenvalue weighted by Crippen LogP contribution is -2.36. The molecule has 0 N–H and O–H groups in total. The normalized spacial score (nSPS) is 21.3. The molecule has 2 aliphatic heterocycles. The summed E-state index contributed by atoms with van der Waals surface area (Å²) in [5.74, 6) is 0.902. The summed E-state index contributed by atoms with van der Waals surface area (Å²) < 4.78 is 0. The second-order valence-corrected chi connectivity index (χ2v) is 7.45. The third-order valence-corrected chi connectivity index (χ3v) is 5.75. The van der Waals surface area contributed by atoms with Gasteiger partial charge in [-0.1, -0.05) is 18.2 Å². The zero-order valence-corrected chi connectivity index (χ0v) is 15.3. The molecule has 4 nitrogen and oxygen atoms in total. The molecular weight excluding hydrogens is 322 g/mol. The van der Waals surface area contributed by atoms with Gasteiger partial charge in [-0.2, -0.15) is 0 Å². The first-order chi connectivity index (χ1) is 12.8. The number of rotatable bonds is 5. The van der Waals surface area contributed by atoms with E-state index in [1.165, 1.54) is 17.5 Å². The van der Waals surface area contributed by atoms with Crippen LogP contribution in [0.2, 0.25) is 0 Å². The molecule has 2 saturated heterocycles. The van der Waals surface area contributed by atoms with Crippen LogP contribution in [0.3, 0.4) is 0 Å². The van der Waals surface area contributed by atoms with Gasteiger partial charge in [-0.3, -0.25) is 9.78 Å². The first kappa shape index (κ1) is 17.2. The maximum absolute atomic E-state index is 12.3. The zero-order chi connectivity index (χ0) is 17.8. The largest absolute Gasteiger partial charge is 0.312 e. The van der Waals surface area contributed by atoms with Gasteiger partial charge in [0.15, 0.2) is 0 Å². The second-order valence-electron chi connectivity index (χ2n) is 7.45. The van der Waals surface area contributed by atoms with Crippen molar-refractivity contribution in [3.05, 3.63) is 59.9 Å². The maximum atomic E-state index is 12.3. The monoisotopic (exact) mass is 349 g/mol. The van der Waals surface area contributed by atoms with Gasteiger partial charge < -0.3 is 9.80 Å². The van der Waals surface area contributed by atoms with Crippen molar-refractivity contribution in [3.63, 3.8) is 0 Å². The number of aromatic nitrogens is 1. The SMILES string of the molecule is O=C1CCCCN1c1ccccc1CCN1CCC(c2ccncc2)C1. The van der Waals surface area contributed by atoms with Crippen molar-refractivity contribution in [1.29, 1.82) is 0 Å². The van der Waals surface area contributed by atoms with Crippen molar-refractivity contribution in [2.45, 2.75) is 38.0 Å². The Kier molecular flexibility index (Phi) is 5.30. The molecule has 0 aliphatic carbocycles. The van der Waals surface area contributed by atoms with E-state index in [1.54, 1.807) is 0 Å². The fraction of sp³-hybridized carbons (Fsp3) is 0.455. The minimum atomic E-state index is 0.280. The lowest BCUT2D eigenvalue weighted by atomic mass is 10.00. The van der Waals surface area contributed by atoms with Gasteiger partial charge in [0.05, 0.1) is 0 Å². The smallest absolute Gasteiger partial charge is 0.226 e. The Morgan fingerprint density at radius 1 is 1.04 bits per heavy atom. The molecule has 136 valence electrons. The molecule has 3 heterocycles. The Bertz CT molecular complexity index is 746. The summed E-state index contributed by atoms with van der Waals surface area (Å²) in [6.45, 7) is 4.19. The van der Waals surface area contributed by atoms with Crippen molar-refractivity contribution in [1.82, 2.24) is 9.88 Å². The molecule has 2 aliphatic rings. The van der Waals surface area contributed by atoms with Crippen LogP contribution in [0.25, 0.3) is 0 Å². The topological polar surface area (TPSA) is 36.4 Å². The lowest BCUT2D eigenvalue weighted by molar-refractivity contribution is -0.119. The molecule has 2 aromatic rings. The first-order valence-corrected chi connectivity index (χ1v) is 9.82. The van der Waals surface area contributed by atoms with Crippen LogP contribution in [0.1, 0.15) is 42.7 Å². The van der Waals surface area contributed by atoms with E-state index in [9.17, 15) is 4.79 Å². The van der Waals surface area contributed by atoms with Crippen LogP contribution in [0, 0.1) is 0 Å². The van der Waals surface area contributed by atoms with Crippen LogP contribution >= 0.6 is 0 Å². The van der Waals surface area contributed by atoms with Crippen LogP contribution in [0.4, 0.5) is 5.69 Å². The van der Waals surface area contributed by atoms with Crippen LogP contribution < -0.4 is 4.90 Å². The van der Waals surface area contributed by atoms with Crippen LogP contribution in [-0.4, -0.2) is 42.0 Å². The van der Waals surface area contributed by atoms with Gasteiger partial charge in [0, 0.05) is 44.1 Å². The molecule has 0 spiro atoms. The van der Waals surface area contributed by atoms with Gasteiger partial charge in [-0.05, 0) is 67.5 Å². The summed E-state index contributed by atoms with van der Waals surface area (Å²) >= 11 is 0. The summed E-state index contributed by atoms with van der Waals surface area (Å²) in [6, 6.07) is 12.7. The fourth-order valence-corrected chi connectivity index (χ4v) is 4.27. The fourth-order valence-electron chi connectivity index (χ4n) is 4.27. The van der Waals surface area contributed by atoms with Crippen molar-refractivity contribution in [2.24, 2.45) is 0 Å². The number of nitrogens with zero attached hydrogens (tertiary/aromatic N) is 3. The van der Waals surface area contributed by atoms with Gasteiger partial charge in [-0.25, -0.2) is 0 Å². The number of carbonyl (C=O) groups is 1. The molecule has 1 aromatic heterocycles. The average molecular weight is 349 g/mol. The van der Waals surface area contributed by atoms with Gasteiger partial charge >= 0.3 is 0 Å². The van der Waals surface area contributed by atoms with E-state index in [4.69, 9.17) is 0 Å². The highest BCUT2D eigenvalue weighted by atomic mass is 16.2. The molecule has 0 radical (unpaired) electrons. The molecular formula is C22H27N3O. The highest BCUT2D eigenvalue weighted by molar-refractivity contribution is 5.94. The molecule has 1 amide bonds. The van der Waals surface area contributed by atoms with Gasteiger partial charge in [0.1, 0.15) is 0 Å². The van der Waals surface area contributed by atoms with E-state index >= 15 is 0 Å². The highest BCUT2D eigenvalue weighted by Crippen LogP contribution is 2.28. The number of carbonyl (C=O) groups excluding carboxylic acids is 1. The number of benzene rings is 1. The second kappa shape index (κ2) is 8.00. The summed E-state index contributed by atoms with van der Waals surface area (Å²) in [4.78, 5) is 21.0. The Hall–Kier alpha value is -2.20. The molecule has 0 saturated carbocycles. The number of para-hydroxylation sites is 1. The van der Waals surface area contributed by atoms with Crippen LogP contribution in [-0.2, 0) is 11.2 Å². The zero-order valence-electron chi connectivity index (χ0n) is 15.3. The van der Waals surface area contributed by atoms with Crippen LogP contribution in [0.5, 0.6) is 0 Å². The molecule has 0 bridgehead atoms. The summed E-state index contributed by atoms with van der Waals surface area (Å²) in [5, 5.41) is 0. The third kappa shape index (κ3) is 3.80. The van der Waals surface area contributed by atoms with Crippen molar-refractivity contribution in [2.75, 3.05) is 31.1 Å². The summed E-state index contributed by atoms with van der Waals surface area (Å²) in [7, 11) is 0. The van der Waals surface area contributed by atoms with Crippen LogP contribution in [0.15, 0.2) is 48.8 Å². The standard InChI is InChI=1S/C22H27N3O/c26-22-7-3-4-14-25(22)21-6-2-1-5-19(21)10-15-24-16-11-20(17-24)18-8-12-23-13-9-18/h1-2,5-6,8-9,12-13,20H,3-4,7,10-11,14-17H2. The minimum absolute atomic E-state index is 0.280. The van der Waals surface area contributed by atoms with E-state index in [-0.39, 0.29) is 5.91 Å². The number of likely N-dealkylation sites (tertiary alicyclic amines) is 1. The highest BCUT2D eigenvalue weighted by Gasteiger charge is 2.25. The van der Waals surface area contributed by atoms with E-state index in [1.807, 2.05) is 17.3 Å². The maximum Gasteiger partial charge on any atom is 0.226 e. The van der Waals surface area contributed by atoms with E-state index in [2.05, 4.69) is 46.3 Å². The Labute approximate surface area is 155 Å². The number of hydrogen-bond acceptors (Lipinski definition) is 3. The minimum Gasteiger partial charge on any atom is -0.312 e. The Morgan fingerprint density at radius 3 is 2.73 bits per heavy atom. The number of anilines is 1. The lowest BCUT2D eigenvalue weighted by Gasteiger charge is -2.29. The van der Waals surface area contributed by atoms with E-state index in [0.717, 1.165) is 51.1 Å². The average Bonchev–Trinajstić information content (AvgIpc) is 3.17. The van der Waals surface area contributed by atoms with Gasteiger partial charge in [-0.15, -0.1) is 0 Å². The number of piperidine rings is 1. The number of hydrogen-bond donors (Lipinski definition) is 0. The molecule has 4 rings (SSSR count). The van der Waals surface area contributed by atoms with Gasteiger partial charge in [0.2, 0.25) is 5.91 Å². The van der Waals surface area contributed by atoms with Crippen molar-refractivity contribution in [3.8, 4) is 0 Å². The Balaban J connectivity index is 1.39. The third-order valence-electron chi connectivity index (χ3n) is 5.75. The quantitative estimate of drug-likeness (QED) is 0.827. The molecule has 1 aromatic carbocycles. The predicted octanol–water partition coefficient (Wildman–Crippen LogP) is 3.63. The first-order valence-electron chi connectivity index (χ1n) is 9.82. The number of amides is 1. The number of pyridine rings is 1. The van der Waals surface area contributed by atoms with E-state index in [0.29, 0.717) is 12.3 Å². The van der Waals surface area contributed by atoms with Gasteiger partial charge in [0.25, 0.3) is 0 Å². The van der Waals surface area contributed by atoms with Crippen molar-refractivity contribution < 1.29 is 4.79 Å². The van der Waals surface area contributed by atoms with Crippen molar-refractivity contribution >= 4 is 11.6 Å². The molecule has 1 unspecified atom stereocenters. The molecule has 4 heteroatoms. The Morgan fingerprint density at radius 2 is 1.88 bits per heavy atom. The predicted molar refractivity (Wildman–Crippen MR) is 104 cm³/mol.